The first-order chi connectivity index (χ1) is 7.22. The highest BCUT2D eigenvalue weighted by atomic mass is 79.9. The molecule has 3 nitrogen and oxygen atoms in total. The Hall–Kier alpha value is -0.810. The molecule has 1 aromatic rings. The molecule has 1 unspecified atom stereocenters. The smallest absolute Gasteiger partial charge is 0.175 e. The van der Waals surface area contributed by atoms with Gasteiger partial charge in [0.1, 0.15) is 19.4 Å². The molecule has 0 amide bonds. The van der Waals surface area contributed by atoms with Gasteiger partial charge in [0.25, 0.3) is 0 Å². The lowest BCUT2D eigenvalue weighted by molar-refractivity contribution is 0.169. The van der Waals surface area contributed by atoms with Gasteiger partial charge >= 0.3 is 0 Å². The van der Waals surface area contributed by atoms with E-state index < -0.39 is 6.17 Å². The van der Waals surface area contributed by atoms with E-state index in [1.54, 1.807) is 12.1 Å². The maximum Gasteiger partial charge on any atom is 0.175 e. The molecule has 0 saturated carbocycles. The minimum Gasteiger partial charge on any atom is -0.486 e. The summed E-state index contributed by atoms with van der Waals surface area (Å²) in [5, 5.41) is 0. The predicted molar refractivity (Wildman–Crippen MR) is 58.0 cm³/mol. The van der Waals surface area contributed by atoms with Crippen LogP contribution in [0.2, 0.25) is 0 Å². The lowest BCUT2D eigenvalue weighted by Gasteiger charge is -2.21. The first-order valence-corrected chi connectivity index (χ1v) is 5.45. The van der Waals surface area contributed by atoms with E-state index in [0.29, 0.717) is 34.7 Å². The van der Waals surface area contributed by atoms with Crippen molar-refractivity contribution in [3.05, 3.63) is 22.2 Å². The van der Waals surface area contributed by atoms with Crippen LogP contribution in [0.4, 0.5) is 4.39 Å². The van der Waals surface area contributed by atoms with Crippen molar-refractivity contribution >= 4 is 15.9 Å². The minimum atomic E-state index is -1.17. The fourth-order valence-corrected chi connectivity index (χ4v) is 2.02. The zero-order valence-electron chi connectivity index (χ0n) is 8.00. The predicted octanol–water partition coefficient (Wildman–Crippen LogP) is 2.19. The Morgan fingerprint density at radius 1 is 1.40 bits per heavy atom. The van der Waals surface area contributed by atoms with Crippen LogP contribution in [0.15, 0.2) is 16.6 Å². The summed E-state index contributed by atoms with van der Waals surface area (Å²) >= 11 is 3.32. The van der Waals surface area contributed by atoms with Gasteiger partial charge in [-0.3, -0.25) is 0 Å². The number of benzene rings is 1. The Kier molecular flexibility index (Phi) is 3.11. The van der Waals surface area contributed by atoms with Crippen molar-refractivity contribution in [2.45, 2.75) is 6.17 Å². The van der Waals surface area contributed by atoms with Crippen LogP contribution in [0.3, 0.4) is 0 Å². The van der Waals surface area contributed by atoms with Crippen molar-refractivity contribution in [1.29, 1.82) is 0 Å². The van der Waals surface area contributed by atoms with E-state index in [4.69, 9.17) is 15.2 Å². The molecule has 1 atom stereocenters. The molecule has 0 fully saturated rings. The van der Waals surface area contributed by atoms with Gasteiger partial charge in [0.2, 0.25) is 0 Å². The zero-order chi connectivity index (χ0) is 10.8. The molecule has 1 aromatic carbocycles. The van der Waals surface area contributed by atoms with Crippen LogP contribution >= 0.6 is 15.9 Å². The van der Waals surface area contributed by atoms with Crippen LogP contribution in [0.1, 0.15) is 11.7 Å². The molecule has 1 aliphatic heterocycles. The number of rotatable bonds is 2. The second-order valence-electron chi connectivity index (χ2n) is 3.23. The summed E-state index contributed by atoms with van der Waals surface area (Å²) in [7, 11) is 0. The molecule has 82 valence electrons. The highest BCUT2D eigenvalue weighted by Crippen LogP contribution is 2.40. The molecule has 2 rings (SSSR count). The van der Waals surface area contributed by atoms with Crippen LogP contribution < -0.4 is 15.2 Å². The average Bonchev–Trinajstić information content (AvgIpc) is 2.28. The number of hydrogen-bond donors (Lipinski definition) is 1. The monoisotopic (exact) mass is 275 g/mol. The highest BCUT2D eigenvalue weighted by molar-refractivity contribution is 9.10. The maximum atomic E-state index is 13.4. The van der Waals surface area contributed by atoms with E-state index in [-0.39, 0.29) is 6.54 Å². The zero-order valence-corrected chi connectivity index (χ0v) is 9.59. The molecule has 0 radical (unpaired) electrons. The van der Waals surface area contributed by atoms with Gasteiger partial charge in [-0.15, -0.1) is 0 Å². The van der Waals surface area contributed by atoms with E-state index in [2.05, 4.69) is 15.9 Å². The molecule has 0 spiro atoms. The number of alkyl halides is 1. The number of fused-ring (bicyclic) bond motifs is 1. The second kappa shape index (κ2) is 4.37. The Balaban J connectivity index is 2.40. The normalized spacial score (nSPS) is 16.2. The molecule has 0 aliphatic carbocycles. The number of halogens is 2. The van der Waals surface area contributed by atoms with Crippen molar-refractivity contribution in [2.24, 2.45) is 5.73 Å². The number of nitrogens with two attached hydrogens (primary N) is 1. The summed E-state index contributed by atoms with van der Waals surface area (Å²) < 4.78 is 24.8. The van der Waals surface area contributed by atoms with Crippen molar-refractivity contribution in [2.75, 3.05) is 19.8 Å². The first kappa shape index (κ1) is 10.7. The third kappa shape index (κ3) is 2.08. The maximum absolute atomic E-state index is 13.4. The van der Waals surface area contributed by atoms with Gasteiger partial charge in [-0.25, -0.2) is 4.39 Å². The fraction of sp³-hybridized carbons (Fsp3) is 0.400. The fourth-order valence-electron chi connectivity index (χ4n) is 1.45. The lowest BCUT2D eigenvalue weighted by Crippen LogP contribution is -2.16. The van der Waals surface area contributed by atoms with Crippen molar-refractivity contribution < 1.29 is 13.9 Å². The minimum absolute atomic E-state index is 0.0356. The summed E-state index contributed by atoms with van der Waals surface area (Å²) in [6, 6.07) is 3.31. The molecule has 0 saturated heterocycles. The topological polar surface area (TPSA) is 44.5 Å². The van der Waals surface area contributed by atoms with Gasteiger partial charge in [0.05, 0.1) is 4.47 Å². The van der Waals surface area contributed by atoms with Crippen LogP contribution in [0, 0.1) is 0 Å². The van der Waals surface area contributed by atoms with Crippen LogP contribution in [0.5, 0.6) is 11.5 Å². The molecule has 2 N–H and O–H groups in total. The van der Waals surface area contributed by atoms with Crippen LogP contribution in [0.25, 0.3) is 0 Å². The Morgan fingerprint density at radius 2 is 2.13 bits per heavy atom. The molecule has 5 heteroatoms. The van der Waals surface area contributed by atoms with Gasteiger partial charge < -0.3 is 15.2 Å². The molecular weight excluding hydrogens is 265 g/mol. The largest absolute Gasteiger partial charge is 0.486 e. The third-order valence-electron chi connectivity index (χ3n) is 2.19. The number of ether oxygens (including phenoxy) is 2. The van der Waals surface area contributed by atoms with E-state index >= 15 is 0 Å². The molecule has 1 heterocycles. The summed E-state index contributed by atoms with van der Waals surface area (Å²) in [6.07, 6.45) is -1.17. The molecule has 0 aromatic heterocycles. The van der Waals surface area contributed by atoms with E-state index in [0.717, 1.165) is 0 Å². The summed E-state index contributed by atoms with van der Waals surface area (Å²) in [5.74, 6) is 1.20. The lowest BCUT2D eigenvalue weighted by atomic mass is 10.1. The molecule has 0 bridgehead atoms. The van der Waals surface area contributed by atoms with Gasteiger partial charge in [-0.05, 0) is 33.6 Å². The van der Waals surface area contributed by atoms with Crippen molar-refractivity contribution in [3.63, 3.8) is 0 Å². The van der Waals surface area contributed by atoms with Crippen LogP contribution in [-0.4, -0.2) is 19.8 Å². The Morgan fingerprint density at radius 3 is 2.87 bits per heavy atom. The first-order valence-electron chi connectivity index (χ1n) is 4.65. The third-order valence-corrected chi connectivity index (χ3v) is 2.78. The van der Waals surface area contributed by atoms with E-state index in [1.807, 2.05) is 0 Å². The van der Waals surface area contributed by atoms with Crippen LogP contribution in [-0.2, 0) is 0 Å². The highest BCUT2D eigenvalue weighted by Gasteiger charge is 2.19. The summed E-state index contributed by atoms with van der Waals surface area (Å²) in [5.41, 5.74) is 5.78. The SMILES string of the molecule is NCC(F)c1cc(Br)c2c(c1)OCCO2. The van der Waals surface area contributed by atoms with Gasteiger partial charge in [0, 0.05) is 6.54 Å². The van der Waals surface area contributed by atoms with Gasteiger partial charge in [0.15, 0.2) is 11.5 Å². The quantitative estimate of drug-likeness (QED) is 0.900. The molecule has 15 heavy (non-hydrogen) atoms. The van der Waals surface area contributed by atoms with Crippen molar-refractivity contribution in [3.8, 4) is 11.5 Å². The summed E-state index contributed by atoms with van der Waals surface area (Å²) in [6.45, 7) is 0.968. The van der Waals surface area contributed by atoms with E-state index in [9.17, 15) is 4.39 Å². The Labute approximate surface area is 95.5 Å². The van der Waals surface area contributed by atoms with E-state index in [1.165, 1.54) is 0 Å². The molecule has 1 aliphatic rings. The summed E-state index contributed by atoms with van der Waals surface area (Å²) in [4.78, 5) is 0. The van der Waals surface area contributed by atoms with Crippen molar-refractivity contribution in [1.82, 2.24) is 0 Å². The van der Waals surface area contributed by atoms with Gasteiger partial charge in [-0.2, -0.15) is 0 Å². The Bertz CT molecular complexity index is 373. The molecular formula is C10H11BrFNO2. The number of hydrogen-bond acceptors (Lipinski definition) is 3. The second-order valence-corrected chi connectivity index (χ2v) is 4.08. The van der Waals surface area contributed by atoms with Gasteiger partial charge in [-0.1, -0.05) is 0 Å². The average molecular weight is 276 g/mol. The standard InChI is InChI=1S/C10H11BrFNO2/c11-7-3-6(8(12)5-13)4-9-10(7)15-2-1-14-9/h3-4,8H,1-2,5,13H2.